The average molecular weight is 345 g/mol. The molecule has 2 aromatic carbocycles. The molecule has 130 valence electrons. The molecule has 0 aliphatic heterocycles. The van der Waals surface area contributed by atoms with Crippen LogP contribution in [0.5, 0.6) is 0 Å². The highest BCUT2D eigenvalue weighted by atomic mass is 16.1. The third kappa shape index (κ3) is 4.51. The Balaban J connectivity index is 1.63. The van der Waals surface area contributed by atoms with Crippen LogP contribution in [0.25, 0.3) is 0 Å². The lowest BCUT2D eigenvalue weighted by atomic mass is 10.2. The standard InChI is InChI=1S/C20H19N5O/c1-25(2)18-12-10-17(11-13-18)24-23-16-8-6-15(7-9-16)22-20(26)19-5-3-4-14-21-19/h3-14H,1-2H3,(H,22,26). The van der Waals surface area contributed by atoms with Crippen molar-refractivity contribution in [2.24, 2.45) is 10.2 Å². The molecule has 1 heterocycles. The predicted molar refractivity (Wildman–Crippen MR) is 104 cm³/mol. The summed E-state index contributed by atoms with van der Waals surface area (Å²) >= 11 is 0. The number of aromatic nitrogens is 1. The fourth-order valence-electron chi connectivity index (χ4n) is 2.24. The van der Waals surface area contributed by atoms with Crippen LogP contribution in [-0.2, 0) is 0 Å². The van der Waals surface area contributed by atoms with E-state index in [1.54, 1.807) is 48.7 Å². The normalized spacial score (nSPS) is 10.7. The number of pyridine rings is 1. The van der Waals surface area contributed by atoms with E-state index in [1.807, 2.05) is 43.3 Å². The number of hydrogen-bond acceptors (Lipinski definition) is 5. The minimum Gasteiger partial charge on any atom is -0.378 e. The lowest BCUT2D eigenvalue weighted by molar-refractivity contribution is 0.102. The van der Waals surface area contributed by atoms with Gasteiger partial charge >= 0.3 is 0 Å². The van der Waals surface area contributed by atoms with E-state index in [1.165, 1.54) is 0 Å². The number of nitrogens with zero attached hydrogens (tertiary/aromatic N) is 4. The topological polar surface area (TPSA) is 70.0 Å². The molecule has 1 N–H and O–H groups in total. The van der Waals surface area contributed by atoms with Crippen molar-refractivity contribution in [1.29, 1.82) is 0 Å². The zero-order valence-corrected chi connectivity index (χ0v) is 14.6. The zero-order chi connectivity index (χ0) is 18.4. The lowest BCUT2D eigenvalue weighted by Crippen LogP contribution is -2.13. The summed E-state index contributed by atoms with van der Waals surface area (Å²) in [6.45, 7) is 0. The van der Waals surface area contributed by atoms with Crippen molar-refractivity contribution in [3.8, 4) is 0 Å². The van der Waals surface area contributed by atoms with E-state index in [-0.39, 0.29) is 5.91 Å². The second-order valence-electron chi connectivity index (χ2n) is 5.83. The Morgan fingerprint density at radius 1 is 0.885 bits per heavy atom. The van der Waals surface area contributed by atoms with Crippen molar-refractivity contribution in [1.82, 2.24) is 4.98 Å². The summed E-state index contributed by atoms with van der Waals surface area (Å²) in [7, 11) is 3.98. The van der Waals surface area contributed by atoms with Crippen LogP contribution >= 0.6 is 0 Å². The van der Waals surface area contributed by atoms with Crippen molar-refractivity contribution in [3.05, 3.63) is 78.6 Å². The fourth-order valence-corrected chi connectivity index (χ4v) is 2.24. The Morgan fingerprint density at radius 3 is 2.04 bits per heavy atom. The number of carbonyl (C=O) groups excluding carboxylic acids is 1. The number of hydrogen-bond donors (Lipinski definition) is 1. The van der Waals surface area contributed by atoms with Crippen molar-refractivity contribution in [2.45, 2.75) is 0 Å². The molecular formula is C20H19N5O. The summed E-state index contributed by atoms with van der Waals surface area (Å²) in [5, 5.41) is 11.2. The van der Waals surface area contributed by atoms with Gasteiger partial charge in [-0.15, -0.1) is 0 Å². The molecule has 0 atom stereocenters. The third-order valence-electron chi connectivity index (χ3n) is 3.67. The number of nitrogens with one attached hydrogen (secondary N) is 1. The van der Waals surface area contributed by atoms with Crippen LogP contribution in [0.3, 0.4) is 0 Å². The molecule has 0 bridgehead atoms. The molecule has 0 fully saturated rings. The first-order chi connectivity index (χ1) is 12.6. The molecule has 0 spiro atoms. The lowest BCUT2D eigenvalue weighted by Gasteiger charge is -2.11. The number of azo groups is 1. The second kappa shape index (κ2) is 8.02. The van der Waals surface area contributed by atoms with Gasteiger partial charge in [0.15, 0.2) is 0 Å². The van der Waals surface area contributed by atoms with Gasteiger partial charge in [-0.1, -0.05) is 6.07 Å². The number of anilines is 2. The highest BCUT2D eigenvalue weighted by Crippen LogP contribution is 2.22. The minimum atomic E-state index is -0.249. The summed E-state index contributed by atoms with van der Waals surface area (Å²) in [6, 6.07) is 20.2. The number of amides is 1. The monoisotopic (exact) mass is 345 g/mol. The molecule has 6 nitrogen and oxygen atoms in total. The molecule has 0 aliphatic rings. The first-order valence-electron chi connectivity index (χ1n) is 8.13. The van der Waals surface area contributed by atoms with E-state index in [4.69, 9.17) is 0 Å². The van der Waals surface area contributed by atoms with E-state index in [0.29, 0.717) is 17.1 Å². The molecule has 0 unspecified atom stereocenters. The van der Waals surface area contributed by atoms with E-state index in [0.717, 1.165) is 11.4 Å². The molecule has 0 saturated heterocycles. The third-order valence-corrected chi connectivity index (χ3v) is 3.67. The molecule has 6 heteroatoms. The van der Waals surface area contributed by atoms with Crippen LogP contribution in [-0.4, -0.2) is 25.0 Å². The molecule has 0 aliphatic carbocycles. The summed E-state index contributed by atoms with van der Waals surface area (Å²) in [5.74, 6) is -0.249. The van der Waals surface area contributed by atoms with Gasteiger partial charge in [-0.2, -0.15) is 10.2 Å². The maximum Gasteiger partial charge on any atom is 0.274 e. The Hall–Kier alpha value is -3.54. The fraction of sp³-hybridized carbons (Fsp3) is 0.100. The van der Waals surface area contributed by atoms with Crippen LogP contribution in [0.1, 0.15) is 10.5 Å². The first-order valence-corrected chi connectivity index (χ1v) is 8.13. The van der Waals surface area contributed by atoms with E-state index in [9.17, 15) is 4.79 Å². The van der Waals surface area contributed by atoms with Gasteiger partial charge in [0.05, 0.1) is 11.4 Å². The number of benzene rings is 2. The Labute approximate surface area is 152 Å². The Kier molecular flexibility index (Phi) is 5.34. The van der Waals surface area contributed by atoms with E-state index in [2.05, 4.69) is 20.5 Å². The molecular weight excluding hydrogens is 326 g/mol. The van der Waals surface area contributed by atoms with Gasteiger partial charge in [-0.05, 0) is 60.7 Å². The maximum absolute atomic E-state index is 12.1. The van der Waals surface area contributed by atoms with Crippen LogP contribution in [0.4, 0.5) is 22.7 Å². The molecule has 1 aromatic heterocycles. The minimum absolute atomic E-state index is 0.249. The van der Waals surface area contributed by atoms with Gasteiger partial charge < -0.3 is 10.2 Å². The molecule has 26 heavy (non-hydrogen) atoms. The summed E-state index contributed by atoms with van der Waals surface area (Å²) in [4.78, 5) is 18.1. The smallest absolute Gasteiger partial charge is 0.274 e. The van der Waals surface area contributed by atoms with Gasteiger partial charge in [0.2, 0.25) is 0 Å². The van der Waals surface area contributed by atoms with Crippen LogP contribution in [0.15, 0.2) is 83.2 Å². The van der Waals surface area contributed by atoms with Gasteiger partial charge in [0.25, 0.3) is 5.91 Å². The number of rotatable bonds is 5. The maximum atomic E-state index is 12.1. The van der Waals surface area contributed by atoms with Gasteiger partial charge in [-0.3, -0.25) is 9.78 Å². The molecule has 1 amide bonds. The zero-order valence-electron chi connectivity index (χ0n) is 14.6. The average Bonchev–Trinajstić information content (AvgIpc) is 2.68. The van der Waals surface area contributed by atoms with Crippen LogP contribution in [0.2, 0.25) is 0 Å². The van der Waals surface area contributed by atoms with E-state index < -0.39 is 0 Å². The Bertz CT molecular complexity index is 888. The van der Waals surface area contributed by atoms with Gasteiger partial charge in [0, 0.05) is 31.7 Å². The SMILES string of the molecule is CN(C)c1ccc(N=Nc2ccc(NC(=O)c3ccccn3)cc2)cc1. The van der Waals surface area contributed by atoms with Crippen LogP contribution < -0.4 is 10.2 Å². The van der Waals surface area contributed by atoms with Gasteiger partial charge in [0.1, 0.15) is 5.69 Å². The highest BCUT2D eigenvalue weighted by Gasteiger charge is 2.06. The summed E-state index contributed by atoms with van der Waals surface area (Å²) < 4.78 is 0. The van der Waals surface area contributed by atoms with Crippen molar-refractivity contribution < 1.29 is 4.79 Å². The first kappa shape index (κ1) is 17.3. The highest BCUT2D eigenvalue weighted by molar-refractivity contribution is 6.02. The molecule has 0 saturated carbocycles. The number of carbonyl (C=O) groups is 1. The molecule has 3 aromatic rings. The van der Waals surface area contributed by atoms with Crippen molar-refractivity contribution in [3.63, 3.8) is 0 Å². The summed E-state index contributed by atoms with van der Waals surface area (Å²) in [6.07, 6.45) is 1.59. The largest absolute Gasteiger partial charge is 0.378 e. The second-order valence-corrected chi connectivity index (χ2v) is 5.83. The predicted octanol–water partition coefficient (Wildman–Crippen LogP) is 4.82. The Morgan fingerprint density at radius 2 is 1.50 bits per heavy atom. The quantitative estimate of drug-likeness (QED) is 0.674. The van der Waals surface area contributed by atoms with Crippen molar-refractivity contribution in [2.75, 3.05) is 24.3 Å². The van der Waals surface area contributed by atoms with Crippen molar-refractivity contribution >= 4 is 28.7 Å². The molecule has 0 radical (unpaired) electrons. The molecule has 3 rings (SSSR count). The van der Waals surface area contributed by atoms with E-state index >= 15 is 0 Å². The van der Waals surface area contributed by atoms with Gasteiger partial charge in [-0.25, -0.2) is 0 Å². The van der Waals surface area contributed by atoms with Crippen LogP contribution in [0, 0.1) is 0 Å². The summed E-state index contributed by atoms with van der Waals surface area (Å²) in [5.41, 5.74) is 3.64.